The van der Waals surface area contributed by atoms with Crippen molar-refractivity contribution >= 4 is 11.7 Å². The predicted molar refractivity (Wildman–Crippen MR) is 64.4 cm³/mol. The topological polar surface area (TPSA) is 81.0 Å². The largest absolute Gasteiger partial charge is 0.480 e. The van der Waals surface area contributed by atoms with Gasteiger partial charge >= 0.3 is 5.97 Å². The standard InChI is InChI=1S/C12H15NO4/c1-3-13(8(2)11(14)15)10-6-4-9(5-7-10)12(16)17/h4-7,14-15H,3H2,1-2H3,(H,16,17). The molecule has 1 aromatic carbocycles. The highest BCUT2D eigenvalue weighted by molar-refractivity contribution is 5.88. The molecule has 1 aromatic rings. The van der Waals surface area contributed by atoms with Crippen molar-refractivity contribution in [2.24, 2.45) is 0 Å². The van der Waals surface area contributed by atoms with Gasteiger partial charge in [0.1, 0.15) is 0 Å². The van der Waals surface area contributed by atoms with Gasteiger partial charge in [-0.2, -0.15) is 0 Å². The molecule has 17 heavy (non-hydrogen) atoms. The molecule has 0 saturated heterocycles. The molecule has 92 valence electrons. The molecule has 0 saturated carbocycles. The van der Waals surface area contributed by atoms with Gasteiger partial charge in [0, 0.05) is 12.2 Å². The lowest BCUT2D eigenvalue weighted by Crippen LogP contribution is -2.21. The lowest BCUT2D eigenvalue weighted by Gasteiger charge is -2.23. The minimum atomic E-state index is -0.989. The van der Waals surface area contributed by atoms with Crippen LogP contribution in [-0.2, 0) is 0 Å². The molecule has 3 N–H and O–H groups in total. The second kappa shape index (κ2) is 5.25. The highest BCUT2D eigenvalue weighted by atomic mass is 16.5. The summed E-state index contributed by atoms with van der Waals surface area (Å²) in [5, 5.41) is 26.8. The molecule has 0 aliphatic heterocycles. The van der Waals surface area contributed by atoms with Gasteiger partial charge in [-0.3, -0.25) is 0 Å². The van der Waals surface area contributed by atoms with E-state index in [4.69, 9.17) is 15.3 Å². The molecule has 0 aromatic heterocycles. The van der Waals surface area contributed by atoms with Crippen LogP contribution in [0.5, 0.6) is 0 Å². The highest BCUT2D eigenvalue weighted by Gasteiger charge is 2.11. The van der Waals surface area contributed by atoms with Crippen LogP contribution in [0.2, 0.25) is 0 Å². The summed E-state index contributed by atoms with van der Waals surface area (Å²) in [6.45, 7) is 3.98. The first-order valence-corrected chi connectivity index (χ1v) is 5.17. The molecular weight excluding hydrogens is 222 g/mol. The van der Waals surface area contributed by atoms with Crippen molar-refractivity contribution in [2.75, 3.05) is 11.4 Å². The van der Waals surface area contributed by atoms with Crippen LogP contribution in [0.1, 0.15) is 24.2 Å². The van der Waals surface area contributed by atoms with Gasteiger partial charge in [0.15, 0.2) is 0 Å². The van der Waals surface area contributed by atoms with Crippen molar-refractivity contribution in [3.8, 4) is 0 Å². The first-order chi connectivity index (χ1) is 7.97. The molecule has 0 atom stereocenters. The van der Waals surface area contributed by atoms with Crippen LogP contribution >= 0.6 is 0 Å². The van der Waals surface area contributed by atoms with E-state index in [-0.39, 0.29) is 5.56 Å². The highest BCUT2D eigenvalue weighted by Crippen LogP contribution is 2.20. The van der Waals surface area contributed by atoms with Crippen molar-refractivity contribution in [3.63, 3.8) is 0 Å². The van der Waals surface area contributed by atoms with Gasteiger partial charge in [-0.25, -0.2) is 4.79 Å². The summed E-state index contributed by atoms with van der Waals surface area (Å²) in [5.74, 6) is -1.73. The van der Waals surface area contributed by atoms with Crippen molar-refractivity contribution in [3.05, 3.63) is 41.5 Å². The molecule has 0 aliphatic rings. The quantitative estimate of drug-likeness (QED) is 0.701. The second-order valence-corrected chi connectivity index (χ2v) is 3.51. The average molecular weight is 237 g/mol. The fraction of sp³-hybridized carbons (Fsp3) is 0.250. The molecule has 0 aliphatic carbocycles. The van der Waals surface area contributed by atoms with E-state index in [1.807, 2.05) is 6.92 Å². The second-order valence-electron chi connectivity index (χ2n) is 3.51. The number of hydrogen-bond donors (Lipinski definition) is 3. The minimum Gasteiger partial charge on any atom is -0.480 e. The van der Waals surface area contributed by atoms with E-state index in [0.717, 1.165) is 0 Å². The van der Waals surface area contributed by atoms with Gasteiger partial charge in [0.25, 0.3) is 5.95 Å². The zero-order valence-electron chi connectivity index (χ0n) is 9.71. The summed E-state index contributed by atoms with van der Waals surface area (Å²) in [6, 6.07) is 6.20. The number of carboxylic acid groups (broad SMARTS) is 1. The van der Waals surface area contributed by atoms with E-state index in [1.54, 1.807) is 24.0 Å². The maximum atomic E-state index is 10.7. The van der Waals surface area contributed by atoms with Gasteiger partial charge in [-0.1, -0.05) is 0 Å². The van der Waals surface area contributed by atoms with Crippen LogP contribution in [0, 0.1) is 0 Å². The number of allylic oxidation sites excluding steroid dienone is 1. The summed E-state index contributed by atoms with van der Waals surface area (Å²) in [6.07, 6.45) is 0. The van der Waals surface area contributed by atoms with Crippen LogP contribution in [0.15, 0.2) is 35.9 Å². The smallest absolute Gasteiger partial charge is 0.335 e. The maximum absolute atomic E-state index is 10.7. The molecular formula is C12H15NO4. The summed E-state index contributed by atoms with van der Waals surface area (Å²) >= 11 is 0. The van der Waals surface area contributed by atoms with Crippen LogP contribution < -0.4 is 4.90 Å². The van der Waals surface area contributed by atoms with Gasteiger partial charge in [-0.15, -0.1) is 0 Å². The Morgan fingerprint density at radius 2 is 1.71 bits per heavy atom. The van der Waals surface area contributed by atoms with Crippen LogP contribution in [0.3, 0.4) is 0 Å². The summed E-state index contributed by atoms with van der Waals surface area (Å²) in [7, 11) is 0. The van der Waals surface area contributed by atoms with Crippen LogP contribution in [-0.4, -0.2) is 27.8 Å². The average Bonchev–Trinajstić information content (AvgIpc) is 2.30. The Balaban J connectivity index is 3.06. The Morgan fingerprint density at radius 1 is 1.18 bits per heavy atom. The Morgan fingerprint density at radius 3 is 2.06 bits per heavy atom. The number of benzene rings is 1. The normalized spacial score (nSPS) is 9.76. The molecule has 0 unspecified atom stereocenters. The lowest BCUT2D eigenvalue weighted by atomic mass is 10.2. The third kappa shape index (κ3) is 2.90. The third-order valence-electron chi connectivity index (χ3n) is 2.47. The predicted octanol–water partition coefficient (Wildman–Crippen LogP) is 2.52. The first kappa shape index (κ1) is 12.9. The van der Waals surface area contributed by atoms with Crippen molar-refractivity contribution in [1.29, 1.82) is 0 Å². The fourth-order valence-corrected chi connectivity index (χ4v) is 1.52. The number of aliphatic hydroxyl groups is 2. The first-order valence-electron chi connectivity index (χ1n) is 5.17. The number of hydrogen-bond acceptors (Lipinski definition) is 4. The molecule has 0 bridgehead atoms. The number of aromatic carboxylic acids is 1. The van der Waals surface area contributed by atoms with Gasteiger partial charge in [0.2, 0.25) is 0 Å². The van der Waals surface area contributed by atoms with E-state index in [0.29, 0.717) is 17.9 Å². The molecule has 0 fully saturated rings. The van der Waals surface area contributed by atoms with Crippen LogP contribution in [0.4, 0.5) is 5.69 Å². The van der Waals surface area contributed by atoms with E-state index in [2.05, 4.69) is 0 Å². The summed E-state index contributed by atoms with van der Waals surface area (Å²) < 4.78 is 0. The Hall–Kier alpha value is -2.17. The van der Waals surface area contributed by atoms with Crippen LogP contribution in [0.25, 0.3) is 0 Å². The third-order valence-corrected chi connectivity index (χ3v) is 2.47. The Labute approximate surface area is 99.2 Å². The van der Waals surface area contributed by atoms with Crippen molar-refractivity contribution in [2.45, 2.75) is 13.8 Å². The molecule has 0 radical (unpaired) electrons. The molecule has 0 amide bonds. The number of rotatable bonds is 4. The minimum absolute atomic E-state index is 0.194. The van der Waals surface area contributed by atoms with Gasteiger partial charge in [0.05, 0.1) is 11.3 Å². The number of aliphatic hydroxyl groups excluding tert-OH is 1. The SMILES string of the molecule is CCN(C(C)=C(O)O)c1ccc(C(=O)O)cc1. The van der Waals surface area contributed by atoms with E-state index in [9.17, 15) is 4.79 Å². The summed E-state index contributed by atoms with van der Waals surface area (Å²) in [5.41, 5.74) is 1.21. The molecule has 0 heterocycles. The maximum Gasteiger partial charge on any atom is 0.335 e. The zero-order valence-corrected chi connectivity index (χ0v) is 9.71. The Kier molecular flexibility index (Phi) is 3.98. The fourth-order valence-electron chi connectivity index (χ4n) is 1.52. The van der Waals surface area contributed by atoms with E-state index in [1.165, 1.54) is 12.1 Å². The van der Waals surface area contributed by atoms with Gasteiger partial charge in [-0.05, 0) is 38.1 Å². The summed E-state index contributed by atoms with van der Waals surface area (Å²) in [4.78, 5) is 12.4. The number of anilines is 1. The van der Waals surface area contributed by atoms with Crippen molar-refractivity contribution in [1.82, 2.24) is 0 Å². The molecule has 0 spiro atoms. The molecule has 5 heteroatoms. The lowest BCUT2D eigenvalue weighted by molar-refractivity contribution is 0.0697. The number of carboxylic acids is 1. The monoisotopic (exact) mass is 237 g/mol. The zero-order chi connectivity index (χ0) is 13.0. The van der Waals surface area contributed by atoms with E-state index >= 15 is 0 Å². The molecule has 5 nitrogen and oxygen atoms in total. The Bertz CT molecular complexity index is 432. The molecule has 1 rings (SSSR count). The van der Waals surface area contributed by atoms with E-state index < -0.39 is 11.9 Å². The number of nitrogens with zero attached hydrogens (tertiary/aromatic N) is 1. The van der Waals surface area contributed by atoms with Crippen molar-refractivity contribution < 1.29 is 20.1 Å². The van der Waals surface area contributed by atoms with Gasteiger partial charge < -0.3 is 20.2 Å². The number of carbonyl (C=O) groups is 1.